The number of nitrogens with two attached hydrogens (primary N) is 1. The maximum Gasteiger partial charge on any atom is 0.133 e. The first-order valence-corrected chi connectivity index (χ1v) is 5.12. The lowest BCUT2D eigenvalue weighted by Crippen LogP contribution is -1.96. The van der Waals surface area contributed by atoms with E-state index in [1.54, 1.807) is 25.2 Å². The minimum atomic E-state index is -0.317. The molecule has 1 heterocycles. The van der Waals surface area contributed by atoms with Crippen LogP contribution in [-0.2, 0) is 7.05 Å². The van der Waals surface area contributed by atoms with Crippen LogP contribution >= 0.6 is 15.9 Å². The summed E-state index contributed by atoms with van der Waals surface area (Å²) >= 11 is 3.20. The maximum absolute atomic E-state index is 13.6. The second-order valence-electron chi connectivity index (χ2n) is 3.20. The maximum atomic E-state index is 13.6. The molecule has 0 bridgehead atoms. The molecule has 1 aromatic heterocycles. The molecule has 0 radical (unpaired) electrons. The molecule has 0 unspecified atom stereocenters. The van der Waals surface area contributed by atoms with Gasteiger partial charge in [-0.2, -0.15) is 5.10 Å². The Bertz CT molecular complexity index is 488. The highest BCUT2D eigenvalue weighted by Gasteiger charge is 2.09. The van der Waals surface area contributed by atoms with E-state index in [-0.39, 0.29) is 5.82 Å². The molecule has 0 aliphatic heterocycles. The fourth-order valence-electron chi connectivity index (χ4n) is 1.31. The molecule has 0 spiro atoms. The molecule has 1 aromatic carbocycles. The van der Waals surface area contributed by atoms with Gasteiger partial charge in [-0.25, -0.2) is 4.39 Å². The molecule has 15 heavy (non-hydrogen) atoms. The number of benzene rings is 1. The monoisotopic (exact) mass is 269 g/mol. The molecule has 78 valence electrons. The Hall–Kier alpha value is -1.36. The van der Waals surface area contributed by atoms with E-state index in [4.69, 9.17) is 5.73 Å². The smallest absolute Gasteiger partial charge is 0.133 e. The average Bonchev–Trinajstić information content (AvgIpc) is 2.46. The fraction of sp³-hybridized carbons (Fsp3) is 0.100. The molecule has 0 saturated heterocycles. The molecule has 0 atom stereocenters. The van der Waals surface area contributed by atoms with Gasteiger partial charge >= 0.3 is 0 Å². The Morgan fingerprint density at radius 1 is 1.40 bits per heavy atom. The van der Waals surface area contributed by atoms with Crippen molar-refractivity contribution in [2.24, 2.45) is 7.05 Å². The summed E-state index contributed by atoms with van der Waals surface area (Å²) in [5.41, 5.74) is 6.62. The minimum Gasteiger partial charge on any atom is -0.384 e. The molecular formula is C10H9BrFN3. The lowest BCUT2D eigenvalue weighted by atomic mass is 10.1. The standard InChI is InChI=1S/C10H9BrFN3/c1-15-10(13)5-9(14-15)7-3-2-6(11)4-8(7)12/h2-5H,13H2,1H3. The summed E-state index contributed by atoms with van der Waals surface area (Å²) in [5.74, 6) is 0.190. The molecule has 0 saturated carbocycles. The third-order valence-corrected chi connectivity index (χ3v) is 2.62. The van der Waals surface area contributed by atoms with Crippen molar-refractivity contribution >= 4 is 21.7 Å². The van der Waals surface area contributed by atoms with Crippen LogP contribution in [0.15, 0.2) is 28.7 Å². The van der Waals surface area contributed by atoms with Crippen LogP contribution in [0.2, 0.25) is 0 Å². The number of nitrogen functional groups attached to an aromatic ring is 1. The minimum absolute atomic E-state index is 0.317. The first-order valence-electron chi connectivity index (χ1n) is 4.33. The van der Waals surface area contributed by atoms with Crippen molar-refractivity contribution in [3.05, 3.63) is 34.6 Å². The van der Waals surface area contributed by atoms with Crippen LogP contribution in [0, 0.1) is 5.82 Å². The van der Waals surface area contributed by atoms with Gasteiger partial charge in [-0.3, -0.25) is 4.68 Å². The van der Waals surface area contributed by atoms with E-state index in [1.807, 2.05) is 0 Å². The predicted octanol–water partition coefficient (Wildman–Crippen LogP) is 2.57. The normalized spacial score (nSPS) is 10.6. The molecule has 2 N–H and O–H groups in total. The second kappa shape index (κ2) is 3.66. The molecule has 0 aliphatic rings. The van der Waals surface area contributed by atoms with Crippen LogP contribution < -0.4 is 5.73 Å². The van der Waals surface area contributed by atoms with Gasteiger partial charge < -0.3 is 5.73 Å². The van der Waals surface area contributed by atoms with Gasteiger partial charge in [-0.15, -0.1) is 0 Å². The zero-order valence-corrected chi connectivity index (χ0v) is 9.62. The summed E-state index contributed by atoms with van der Waals surface area (Å²) < 4.78 is 15.8. The van der Waals surface area contributed by atoms with Crippen molar-refractivity contribution in [1.29, 1.82) is 0 Å². The molecule has 0 amide bonds. The molecular weight excluding hydrogens is 261 g/mol. The largest absolute Gasteiger partial charge is 0.384 e. The average molecular weight is 270 g/mol. The Kier molecular flexibility index (Phi) is 2.48. The van der Waals surface area contributed by atoms with Gasteiger partial charge in [0.1, 0.15) is 11.6 Å². The molecule has 5 heteroatoms. The van der Waals surface area contributed by atoms with E-state index >= 15 is 0 Å². The van der Waals surface area contributed by atoms with Gasteiger partial charge in [-0.1, -0.05) is 15.9 Å². The van der Waals surface area contributed by atoms with E-state index in [2.05, 4.69) is 21.0 Å². The number of halogens is 2. The number of aromatic nitrogens is 2. The predicted molar refractivity (Wildman–Crippen MR) is 60.7 cm³/mol. The third kappa shape index (κ3) is 1.87. The highest BCUT2D eigenvalue weighted by Crippen LogP contribution is 2.25. The SMILES string of the molecule is Cn1nc(-c2ccc(Br)cc2F)cc1N. The van der Waals surface area contributed by atoms with E-state index in [1.165, 1.54) is 10.7 Å². The van der Waals surface area contributed by atoms with Crippen molar-refractivity contribution in [2.45, 2.75) is 0 Å². The van der Waals surface area contributed by atoms with Gasteiger partial charge in [0.05, 0.1) is 5.69 Å². The summed E-state index contributed by atoms with van der Waals surface area (Å²) in [6.45, 7) is 0. The van der Waals surface area contributed by atoms with Gasteiger partial charge in [0.2, 0.25) is 0 Å². The van der Waals surface area contributed by atoms with Gasteiger partial charge in [-0.05, 0) is 18.2 Å². The van der Waals surface area contributed by atoms with Crippen LogP contribution in [0.4, 0.5) is 10.2 Å². The number of nitrogens with zero attached hydrogens (tertiary/aromatic N) is 2. The number of rotatable bonds is 1. The van der Waals surface area contributed by atoms with Crippen molar-refractivity contribution in [3.8, 4) is 11.3 Å². The zero-order chi connectivity index (χ0) is 11.0. The molecule has 0 aliphatic carbocycles. The zero-order valence-electron chi connectivity index (χ0n) is 8.04. The van der Waals surface area contributed by atoms with Gasteiger partial charge in [0, 0.05) is 23.2 Å². The fourth-order valence-corrected chi connectivity index (χ4v) is 1.64. The van der Waals surface area contributed by atoms with Crippen molar-refractivity contribution in [3.63, 3.8) is 0 Å². The van der Waals surface area contributed by atoms with E-state index < -0.39 is 0 Å². The number of hydrogen-bond donors (Lipinski definition) is 1. The van der Waals surface area contributed by atoms with Crippen molar-refractivity contribution < 1.29 is 4.39 Å². The van der Waals surface area contributed by atoms with Crippen LogP contribution in [0.3, 0.4) is 0 Å². The van der Waals surface area contributed by atoms with Crippen LogP contribution in [0.1, 0.15) is 0 Å². The summed E-state index contributed by atoms with van der Waals surface area (Å²) in [4.78, 5) is 0. The van der Waals surface area contributed by atoms with Crippen LogP contribution in [-0.4, -0.2) is 9.78 Å². The summed E-state index contributed by atoms with van der Waals surface area (Å²) in [6.07, 6.45) is 0. The lowest BCUT2D eigenvalue weighted by Gasteiger charge is -1.99. The molecule has 3 nitrogen and oxygen atoms in total. The van der Waals surface area contributed by atoms with Crippen molar-refractivity contribution in [1.82, 2.24) is 9.78 Å². The Morgan fingerprint density at radius 3 is 2.67 bits per heavy atom. The molecule has 2 rings (SSSR count). The Morgan fingerprint density at radius 2 is 2.13 bits per heavy atom. The van der Waals surface area contributed by atoms with Gasteiger partial charge in [0.25, 0.3) is 0 Å². The topological polar surface area (TPSA) is 43.8 Å². The van der Waals surface area contributed by atoms with Crippen LogP contribution in [0.25, 0.3) is 11.3 Å². The van der Waals surface area contributed by atoms with E-state index in [0.717, 1.165) is 0 Å². The highest BCUT2D eigenvalue weighted by molar-refractivity contribution is 9.10. The second-order valence-corrected chi connectivity index (χ2v) is 4.12. The summed E-state index contributed by atoms with van der Waals surface area (Å²) in [5, 5.41) is 4.11. The van der Waals surface area contributed by atoms with E-state index in [9.17, 15) is 4.39 Å². The third-order valence-electron chi connectivity index (χ3n) is 2.12. The number of anilines is 1. The Balaban J connectivity index is 2.54. The molecule has 2 aromatic rings. The highest BCUT2D eigenvalue weighted by atomic mass is 79.9. The summed E-state index contributed by atoms with van der Waals surface area (Å²) in [7, 11) is 1.72. The lowest BCUT2D eigenvalue weighted by molar-refractivity contribution is 0.629. The van der Waals surface area contributed by atoms with Gasteiger partial charge in [0.15, 0.2) is 0 Å². The number of aryl methyl sites for hydroxylation is 1. The quantitative estimate of drug-likeness (QED) is 0.865. The first-order chi connectivity index (χ1) is 7.08. The summed E-state index contributed by atoms with van der Waals surface area (Å²) in [6, 6.07) is 6.48. The number of hydrogen-bond acceptors (Lipinski definition) is 2. The molecule has 0 fully saturated rings. The van der Waals surface area contributed by atoms with Crippen molar-refractivity contribution in [2.75, 3.05) is 5.73 Å². The Labute approximate surface area is 94.8 Å². The first kappa shape index (κ1) is 10.2. The van der Waals surface area contributed by atoms with Crippen LogP contribution in [0.5, 0.6) is 0 Å². The van der Waals surface area contributed by atoms with E-state index in [0.29, 0.717) is 21.5 Å².